The van der Waals surface area contributed by atoms with E-state index in [0.717, 1.165) is 10.5 Å². The lowest BCUT2D eigenvalue weighted by atomic mass is 9.96. The molecule has 2 aliphatic carbocycles. The molecule has 100 valence electrons. The molecular weight excluding hydrogens is 248 g/mol. The quantitative estimate of drug-likeness (QED) is 0.581. The average molecular weight is 268 g/mol. The molecule has 2 aliphatic rings. The molecule has 2 rings (SSSR count). The zero-order chi connectivity index (χ0) is 13.5. The molecule has 0 N–H and O–H groups in total. The highest BCUT2D eigenvalue weighted by atomic mass is 32.2. The van der Waals surface area contributed by atoms with Gasteiger partial charge in [0.1, 0.15) is 0 Å². The number of ether oxygens (including phenoxy) is 1. The SMILES string of the molecule is CCOC(=O)CSC(C)=C1C(=O)C[C@@H]2[C@H]1C2(C)C. The van der Waals surface area contributed by atoms with E-state index in [1.54, 1.807) is 6.92 Å². The molecule has 0 spiro atoms. The maximum absolute atomic E-state index is 11.9. The monoisotopic (exact) mass is 268 g/mol. The summed E-state index contributed by atoms with van der Waals surface area (Å²) in [6, 6.07) is 0. The molecule has 0 saturated heterocycles. The lowest BCUT2D eigenvalue weighted by molar-refractivity contribution is -0.139. The van der Waals surface area contributed by atoms with Crippen LogP contribution in [0.25, 0.3) is 0 Å². The highest BCUT2D eigenvalue weighted by molar-refractivity contribution is 8.03. The summed E-state index contributed by atoms with van der Waals surface area (Å²) in [4.78, 5) is 24.2. The molecule has 3 nitrogen and oxygen atoms in total. The molecule has 0 unspecified atom stereocenters. The Morgan fingerprint density at radius 1 is 1.50 bits per heavy atom. The summed E-state index contributed by atoms with van der Waals surface area (Å²) < 4.78 is 4.89. The number of fused-ring (bicyclic) bond motifs is 1. The third-order valence-electron chi connectivity index (χ3n) is 4.16. The lowest BCUT2D eigenvalue weighted by Crippen LogP contribution is -2.10. The predicted molar refractivity (Wildman–Crippen MR) is 72.2 cm³/mol. The maximum Gasteiger partial charge on any atom is 0.316 e. The minimum atomic E-state index is -0.209. The molecule has 0 bridgehead atoms. The topological polar surface area (TPSA) is 43.4 Å². The van der Waals surface area contributed by atoms with E-state index < -0.39 is 0 Å². The van der Waals surface area contributed by atoms with E-state index >= 15 is 0 Å². The van der Waals surface area contributed by atoms with E-state index in [0.29, 0.717) is 30.6 Å². The van der Waals surface area contributed by atoms with Crippen LogP contribution in [0.1, 0.15) is 34.1 Å². The Balaban J connectivity index is 2.02. The van der Waals surface area contributed by atoms with Gasteiger partial charge in [-0.15, -0.1) is 11.8 Å². The summed E-state index contributed by atoms with van der Waals surface area (Å²) in [5.74, 6) is 1.31. The van der Waals surface area contributed by atoms with Crippen LogP contribution in [0.4, 0.5) is 0 Å². The summed E-state index contributed by atoms with van der Waals surface area (Å²) in [5.41, 5.74) is 1.24. The molecule has 0 aromatic carbocycles. The molecule has 2 fully saturated rings. The number of hydrogen-bond donors (Lipinski definition) is 0. The Labute approximate surface area is 112 Å². The van der Waals surface area contributed by atoms with Crippen LogP contribution in [-0.4, -0.2) is 24.1 Å². The normalized spacial score (nSPS) is 31.0. The molecule has 18 heavy (non-hydrogen) atoms. The summed E-state index contributed by atoms with van der Waals surface area (Å²) in [5, 5.41) is 0. The van der Waals surface area contributed by atoms with Crippen molar-refractivity contribution in [2.75, 3.05) is 12.4 Å². The Hall–Kier alpha value is -0.770. The molecule has 4 heteroatoms. The summed E-state index contributed by atoms with van der Waals surface area (Å²) >= 11 is 1.44. The lowest BCUT2D eigenvalue weighted by Gasteiger charge is -2.12. The minimum Gasteiger partial charge on any atom is -0.465 e. The van der Waals surface area contributed by atoms with Crippen molar-refractivity contribution in [2.24, 2.45) is 17.3 Å². The third kappa shape index (κ3) is 2.22. The van der Waals surface area contributed by atoms with Crippen molar-refractivity contribution in [1.82, 2.24) is 0 Å². The number of carbonyl (C=O) groups excluding carboxylic acids is 2. The van der Waals surface area contributed by atoms with Crippen molar-refractivity contribution in [3.63, 3.8) is 0 Å². The molecule has 2 saturated carbocycles. The molecule has 0 aliphatic heterocycles. The number of allylic oxidation sites excluding steroid dienone is 2. The van der Waals surface area contributed by atoms with Crippen LogP contribution in [0.3, 0.4) is 0 Å². The Bertz CT molecular complexity index is 423. The van der Waals surface area contributed by atoms with Crippen molar-refractivity contribution < 1.29 is 14.3 Å². The van der Waals surface area contributed by atoms with E-state index in [4.69, 9.17) is 4.74 Å². The largest absolute Gasteiger partial charge is 0.465 e. The Kier molecular flexibility index (Phi) is 3.58. The molecule has 0 aromatic heterocycles. The second-order valence-corrected chi connectivity index (χ2v) is 6.79. The van der Waals surface area contributed by atoms with Crippen LogP contribution >= 0.6 is 11.8 Å². The minimum absolute atomic E-state index is 0.209. The fourth-order valence-corrected chi connectivity index (χ4v) is 3.86. The second kappa shape index (κ2) is 4.72. The van der Waals surface area contributed by atoms with Crippen LogP contribution in [-0.2, 0) is 14.3 Å². The average Bonchev–Trinajstić information content (AvgIpc) is 2.68. The van der Waals surface area contributed by atoms with Crippen molar-refractivity contribution in [3.05, 3.63) is 10.5 Å². The summed E-state index contributed by atoms with van der Waals surface area (Å²) in [6.07, 6.45) is 0.685. The maximum atomic E-state index is 11.9. The molecule has 2 atom stereocenters. The first-order chi connectivity index (χ1) is 8.39. The number of thioether (sulfide) groups is 1. The van der Waals surface area contributed by atoms with Crippen LogP contribution < -0.4 is 0 Å². The molecule has 0 radical (unpaired) electrons. The number of esters is 1. The Morgan fingerprint density at radius 3 is 2.72 bits per heavy atom. The zero-order valence-electron chi connectivity index (χ0n) is 11.4. The van der Waals surface area contributed by atoms with Gasteiger partial charge in [-0.3, -0.25) is 9.59 Å². The zero-order valence-corrected chi connectivity index (χ0v) is 12.2. The van der Waals surface area contributed by atoms with Crippen molar-refractivity contribution >= 4 is 23.5 Å². The van der Waals surface area contributed by atoms with Gasteiger partial charge in [-0.25, -0.2) is 0 Å². The molecule has 0 heterocycles. The van der Waals surface area contributed by atoms with E-state index in [9.17, 15) is 9.59 Å². The van der Waals surface area contributed by atoms with Gasteiger partial charge in [-0.05, 0) is 36.0 Å². The summed E-state index contributed by atoms with van der Waals surface area (Å²) in [7, 11) is 0. The molecule has 0 aromatic rings. The van der Waals surface area contributed by atoms with E-state index in [1.165, 1.54) is 11.8 Å². The van der Waals surface area contributed by atoms with Crippen LogP contribution in [0.5, 0.6) is 0 Å². The first-order valence-electron chi connectivity index (χ1n) is 6.42. The Morgan fingerprint density at radius 2 is 2.17 bits per heavy atom. The highest BCUT2D eigenvalue weighted by Crippen LogP contribution is 2.68. The number of ketones is 1. The highest BCUT2D eigenvalue weighted by Gasteiger charge is 2.65. The van der Waals surface area contributed by atoms with E-state index in [2.05, 4.69) is 13.8 Å². The van der Waals surface area contributed by atoms with Crippen LogP contribution in [0.15, 0.2) is 10.5 Å². The number of Topliss-reactive ketones (excluding diaryl/α,β-unsaturated/α-hetero) is 1. The predicted octanol–water partition coefficient (Wildman–Crippen LogP) is 2.80. The number of hydrogen-bond acceptors (Lipinski definition) is 4. The van der Waals surface area contributed by atoms with Gasteiger partial charge in [0.25, 0.3) is 0 Å². The standard InChI is InChI=1S/C14H20O3S/c1-5-17-11(16)7-18-8(2)12-10(15)6-9-13(12)14(9,3)4/h9,13H,5-7H2,1-4H3/t9-,13-/m1/s1. The number of carbonyl (C=O) groups is 2. The first-order valence-corrected chi connectivity index (χ1v) is 7.40. The van der Waals surface area contributed by atoms with Crippen LogP contribution in [0, 0.1) is 17.3 Å². The molecule has 0 amide bonds. The van der Waals surface area contributed by atoms with Gasteiger partial charge in [0.05, 0.1) is 12.4 Å². The third-order valence-corrected chi connectivity index (χ3v) is 5.19. The van der Waals surface area contributed by atoms with E-state index in [1.807, 2.05) is 6.92 Å². The summed E-state index contributed by atoms with van der Waals surface area (Å²) in [6.45, 7) is 8.60. The van der Waals surface area contributed by atoms with Gasteiger partial charge in [0.2, 0.25) is 0 Å². The van der Waals surface area contributed by atoms with Gasteiger partial charge in [-0.2, -0.15) is 0 Å². The van der Waals surface area contributed by atoms with Crippen LogP contribution in [0.2, 0.25) is 0 Å². The van der Waals surface area contributed by atoms with Gasteiger partial charge >= 0.3 is 5.97 Å². The molecular formula is C14H20O3S. The van der Waals surface area contributed by atoms with Gasteiger partial charge in [0, 0.05) is 12.0 Å². The first kappa shape index (κ1) is 13.7. The smallest absolute Gasteiger partial charge is 0.316 e. The number of rotatable bonds is 4. The van der Waals surface area contributed by atoms with Gasteiger partial charge in [-0.1, -0.05) is 13.8 Å². The van der Waals surface area contributed by atoms with Crippen molar-refractivity contribution in [3.8, 4) is 0 Å². The fourth-order valence-electron chi connectivity index (χ4n) is 3.04. The van der Waals surface area contributed by atoms with E-state index in [-0.39, 0.29) is 17.2 Å². The second-order valence-electron chi connectivity index (χ2n) is 5.60. The fraction of sp³-hybridized carbons (Fsp3) is 0.714. The van der Waals surface area contributed by atoms with Crippen molar-refractivity contribution in [1.29, 1.82) is 0 Å². The van der Waals surface area contributed by atoms with Crippen molar-refractivity contribution in [2.45, 2.75) is 34.1 Å². The van der Waals surface area contributed by atoms with Gasteiger partial charge in [0.15, 0.2) is 5.78 Å². The van der Waals surface area contributed by atoms with Gasteiger partial charge < -0.3 is 4.74 Å².